The van der Waals surface area contributed by atoms with Gasteiger partial charge >= 0.3 is 11.9 Å². The van der Waals surface area contributed by atoms with Gasteiger partial charge < -0.3 is 21.3 Å². The Balaban J connectivity index is 0. The minimum Gasteiger partial charge on any atom is -0.466 e. The number of ether oxygens (including phenoxy) is 2. The maximum absolute atomic E-state index is 12.7. The number of hydrogen-bond acceptors (Lipinski definition) is 5. The second-order valence-electron chi connectivity index (χ2n) is 15.3. The first kappa shape index (κ1) is 52.7. The van der Waals surface area contributed by atoms with Crippen LogP contribution in [0.25, 0.3) is 0 Å². The van der Waals surface area contributed by atoms with Crippen LogP contribution in [0.4, 0.5) is 0 Å². The molecule has 304 valence electrons. The third-order valence-corrected chi connectivity index (χ3v) is 10.3. The summed E-state index contributed by atoms with van der Waals surface area (Å²) < 4.78 is 11.4. The van der Waals surface area contributed by atoms with Crippen molar-refractivity contribution < 1.29 is 40.1 Å². The van der Waals surface area contributed by atoms with Crippen LogP contribution in [0.15, 0.2) is 0 Å². The molecule has 0 saturated carbocycles. The normalized spacial score (nSPS) is 11.3. The monoisotopic (exact) mass is 805 g/mol. The van der Waals surface area contributed by atoms with Crippen LogP contribution < -0.4 is 0 Å². The van der Waals surface area contributed by atoms with Crippen LogP contribution >= 0.6 is 0 Å². The second-order valence-corrected chi connectivity index (χ2v) is 15.3. The minimum absolute atomic E-state index is 0. The molecular weight excluding hydrogens is 714 g/mol. The molecular formula is C45H88MoNO4-. The van der Waals surface area contributed by atoms with E-state index in [0.29, 0.717) is 19.4 Å². The van der Waals surface area contributed by atoms with Crippen molar-refractivity contribution in [3.05, 3.63) is 6.92 Å². The van der Waals surface area contributed by atoms with Gasteiger partial charge in [-0.3, -0.25) is 9.59 Å². The topological polar surface area (TPSA) is 55.8 Å². The summed E-state index contributed by atoms with van der Waals surface area (Å²) >= 11 is 0. The van der Waals surface area contributed by atoms with E-state index in [-0.39, 0.29) is 39.1 Å². The molecule has 0 aliphatic carbocycles. The zero-order chi connectivity index (χ0) is 36.6. The number of carbonyl (C=O) groups excluding carboxylic acids is 2. The van der Waals surface area contributed by atoms with Gasteiger partial charge in [0.1, 0.15) is 6.10 Å². The van der Waals surface area contributed by atoms with E-state index in [0.717, 1.165) is 64.6 Å². The molecule has 0 amide bonds. The van der Waals surface area contributed by atoms with Crippen LogP contribution in [0.5, 0.6) is 0 Å². The third-order valence-electron chi connectivity index (χ3n) is 10.3. The van der Waals surface area contributed by atoms with E-state index >= 15 is 0 Å². The molecule has 0 aliphatic rings. The van der Waals surface area contributed by atoms with Crippen LogP contribution in [-0.4, -0.2) is 49.2 Å². The molecule has 0 rings (SSSR count). The molecule has 51 heavy (non-hydrogen) atoms. The first-order valence-electron chi connectivity index (χ1n) is 22.4. The van der Waals surface area contributed by atoms with Gasteiger partial charge in [0.15, 0.2) is 0 Å². The van der Waals surface area contributed by atoms with Gasteiger partial charge in [0.05, 0.1) is 6.61 Å². The predicted molar refractivity (Wildman–Crippen MR) is 217 cm³/mol. The zero-order valence-corrected chi connectivity index (χ0v) is 36.6. The van der Waals surface area contributed by atoms with Gasteiger partial charge in [-0.05, 0) is 70.9 Å². The maximum atomic E-state index is 12.7. The SMILES string of the molecule is [CH2-]CN(CCCCCCCCC(=O)OC(CCCCCCCC)CCCCCCCC)CCCCCCCC(=O)OCCCCCCCCC.[Mo]. The van der Waals surface area contributed by atoms with Crippen molar-refractivity contribution in [1.29, 1.82) is 0 Å². The van der Waals surface area contributed by atoms with E-state index in [1.165, 1.54) is 161 Å². The average Bonchev–Trinajstić information content (AvgIpc) is 3.11. The van der Waals surface area contributed by atoms with Crippen molar-refractivity contribution in [2.75, 3.05) is 26.2 Å². The summed E-state index contributed by atoms with van der Waals surface area (Å²) in [5.74, 6) is 0.0256. The Bertz CT molecular complexity index is 690. The maximum Gasteiger partial charge on any atom is 0.306 e. The molecule has 0 unspecified atom stereocenters. The molecule has 0 N–H and O–H groups in total. The summed E-state index contributed by atoms with van der Waals surface area (Å²) in [6.07, 6.45) is 40.4. The molecule has 0 spiro atoms. The van der Waals surface area contributed by atoms with E-state index in [9.17, 15) is 9.59 Å². The van der Waals surface area contributed by atoms with Crippen LogP contribution in [0, 0.1) is 6.92 Å². The van der Waals surface area contributed by atoms with E-state index in [1.54, 1.807) is 0 Å². The van der Waals surface area contributed by atoms with E-state index in [1.807, 2.05) is 0 Å². The Kier molecular flexibility index (Phi) is 45.4. The molecule has 0 saturated heterocycles. The third kappa shape index (κ3) is 40.6. The Labute approximate surface area is 333 Å². The largest absolute Gasteiger partial charge is 0.466 e. The quantitative estimate of drug-likeness (QED) is 0.0267. The molecule has 0 radical (unpaired) electrons. The summed E-state index contributed by atoms with van der Waals surface area (Å²) in [5, 5.41) is 0. The number of carbonyl (C=O) groups is 2. The molecule has 0 aliphatic heterocycles. The summed E-state index contributed by atoms with van der Waals surface area (Å²) in [4.78, 5) is 27.1. The van der Waals surface area contributed by atoms with E-state index < -0.39 is 0 Å². The number of unbranched alkanes of at least 4 members (excludes halogenated alkanes) is 25. The number of esters is 2. The van der Waals surface area contributed by atoms with Crippen LogP contribution in [-0.2, 0) is 40.1 Å². The number of nitrogens with zero attached hydrogens (tertiary/aromatic N) is 1. The molecule has 0 aromatic rings. The zero-order valence-electron chi connectivity index (χ0n) is 34.6. The molecule has 0 aromatic heterocycles. The van der Waals surface area contributed by atoms with Crippen molar-refractivity contribution in [2.45, 2.75) is 245 Å². The molecule has 0 bridgehead atoms. The van der Waals surface area contributed by atoms with Crippen molar-refractivity contribution in [2.24, 2.45) is 0 Å². The van der Waals surface area contributed by atoms with Gasteiger partial charge in [-0.2, -0.15) is 0 Å². The van der Waals surface area contributed by atoms with Gasteiger partial charge in [0, 0.05) is 33.9 Å². The summed E-state index contributed by atoms with van der Waals surface area (Å²) in [6.45, 7) is 14.7. The van der Waals surface area contributed by atoms with Crippen molar-refractivity contribution in [1.82, 2.24) is 4.90 Å². The Morgan fingerprint density at radius 1 is 0.471 bits per heavy atom. The van der Waals surface area contributed by atoms with E-state index in [2.05, 4.69) is 32.6 Å². The second kappa shape index (κ2) is 44.0. The molecule has 6 heteroatoms. The van der Waals surface area contributed by atoms with Crippen LogP contribution in [0.3, 0.4) is 0 Å². The van der Waals surface area contributed by atoms with Gasteiger partial charge in [0.25, 0.3) is 0 Å². The number of rotatable bonds is 41. The van der Waals surface area contributed by atoms with Gasteiger partial charge in [-0.25, -0.2) is 0 Å². The van der Waals surface area contributed by atoms with Gasteiger partial charge in [0.2, 0.25) is 0 Å². The first-order valence-corrected chi connectivity index (χ1v) is 22.4. The fourth-order valence-corrected chi connectivity index (χ4v) is 6.91. The summed E-state index contributed by atoms with van der Waals surface area (Å²) in [6, 6.07) is 0. The number of hydrogen-bond donors (Lipinski definition) is 0. The summed E-state index contributed by atoms with van der Waals surface area (Å²) in [5.41, 5.74) is 0. The molecule has 0 aromatic carbocycles. The van der Waals surface area contributed by atoms with Crippen molar-refractivity contribution in [3.8, 4) is 0 Å². The molecule has 0 fully saturated rings. The Hall–Kier alpha value is -0.412. The Morgan fingerprint density at radius 3 is 1.25 bits per heavy atom. The summed E-state index contributed by atoms with van der Waals surface area (Å²) in [7, 11) is 0. The first-order chi connectivity index (χ1) is 24.6. The fourth-order valence-electron chi connectivity index (χ4n) is 6.91. The molecule has 5 nitrogen and oxygen atoms in total. The van der Waals surface area contributed by atoms with Crippen LogP contribution in [0.1, 0.15) is 239 Å². The minimum atomic E-state index is -0.0111. The standard InChI is InChI=1S/C45H88NO4.Mo/c1-5-9-12-15-20-28-35-42-49-44(47)38-31-25-21-27-34-41-46(8-4)40-33-26-19-18-24-32-39-45(48)50-43(36-29-22-16-13-10-6-2)37-30-23-17-14-11-7-3;/h43H,4-42H2,1-3H3;/q-1;. The predicted octanol–water partition coefficient (Wildman–Crippen LogP) is 13.9. The smallest absolute Gasteiger partial charge is 0.306 e. The molecule has 0 heterocycles. The average molecular weight is 803 g/mol. The molecule has 0 atom stereocenters. The van der Waals surface area contributed by atoms with Gasteiger partial charge in [-0.15, -0.1) is 6.54 Å². The van der Waals surface area contributed by atoms with Crippen molar-refractivity contribution in [3.63, 3.8) is 0 Å². The van der Waals surface area contributed by atoms with Crippen molar-refractivity contribution >= 4 is 11.9 Å². The van der Waals surface area contributed by atoms with Crippen LogP contribution in [0.2, 0.25) is 0 Å². The van der Waals surface area contributed by atoms with Gasteiger partial charge in [-0.1, -0.05) is 168 Å². The Morgan fingerprint density at radius 2 is 0.824 bits per heavy atom. The van der Waals surface area contributed by atoms with E-state index in [4.69, 9.17) is 9.47 Å². The fraction of sp³-hybridized carbons (Fsp3) is 0.933.